The molecule has 0 aromatic carbocycles. The topological polar surface area (TPSA) is 26.0 Å². The zero-order valence-corrected chi connectivity index (χ0v) is 4.50. The Morgan fingerprint density at radius 3 is 2.17 bits per heavy atom. The molecule has 1 atom stereocenters. The van der Waals surface area contributed by atoms with E-state index in [0.717, 1.165) is 5.25 Å². The molecule has 36 valence electrons. The van der Waals surface area contributed by atoms with Gasteiger partial charge in [-0.3, -0.25) is 5.14 Å². The fourth-order valence-corrected chi connectivity index (χ4v) is 1.11. The first-order chi connectivity index (χ1) is 2.80. The molecule has 1 rings (SSSR count). The maximum atomic E-state index is 5.41. The summed E-state index contributed by atoms with van der Waals surface area (Å²) in [4.78, 5) is 0. The first kappa shape index (κ1) is 4.34. The van der Waals surface area contributed by atoms with Crippen LogP contribution in [0.1, 0.15) is 12.8 Å². The Morgan fingerprint density at radius 2 is 2.17 bits per heavy atom. The third-order valence-electron chi connectivity index (χ3n) is 0.953. The van der Waals surface area contributed by atoms with E-state index in [9.17, 15) is 0 Å². The lowest BCUT2D eigenvalue weighted by Gasteiger charge is -1.88. The van der Waals surface area contributed by atoms with Crippen LogP contribution in [0.25, 0.3) is 0 Å². The lowest BCUT2D eigenvalue weighted by atomic mass is 11.0. The molecule has 0 saturated heterocycles. The maximum Gasteiger partial charge on any atom is 0.0122 e. The summed E-state index contributed by atoms with van der Waals surface area (Å²) in [6.45, 7) is 0. The third kappa shape index (κ3) is 0.820. The summed E-state index contributed by atoms with van der Waals surface area (Å²) in [6.07, 6.45) is 2.65. The average molecular weight is 103 g/mol. The molecule has 1 fully saturated rings. The van der Waals surface area contributed by atoms with E-state index < -0.39 is 0 Å². The normalized spacial score (nSPS) is 26.8. The molecule has 0 aliphatic heterocycles. The first-order valence-electron chi connectivity index (χ1n) is 2.08. The number of hydrogen-bond donors (Lipinski definition) is 1. The Bertz CT molecular complexity index is 75.6. The van der Waals surface area contributed by atoms with Crippen LogP contribution in [0.4, 0.5) is 0 Å². The van der Waals surface area contributed by atoms with Gasteiger partial charge in [0.15, 0.2) is 0 Å². The monoisotopic (exact) mass is 103 g/mol. The van der Waals surface area contributed by atoms with Gasteiger partial charge in [-0.2, -0.15) is 0 Å². The molecule has 0 aromatic rings. The number of nitrogens with two attached hydrogens (primary N) is 1. The molecule has 1 nitrogen and oxygen atoms in total. The molecule has 1 aliphatic rings. The van der Waals surface area contributed by atoms with E-state index in [1.165, 1.54) is 12.8 Å². The van der Waals surface area contributed by atoms with Crippen LogP contribution in [0.5, 0.6) is 0 Å². The molecule has 1 unspecified atom stereocenters. The molecule has 1 aliphatic carbocycles. The summed E-state index contributed by atoms with van der Waals surface area (Å²) in [6, 6.07) is 0. The van der Waals surface area contributed by atoms with Crippen LogP contribution in [0.2, 0.25) is 0 Å². The predicted octanol–water partition coefficient (Wildman–Crippen LogP) is 0.723. The van der Waals surface area contributed by atoms with Crippen molar-refractivity contribution in [3.8, 4) is 0 Å². The van der Waals surface area contributed by atoms with Gasteiger partial charge in [-0.1, -0.05) is 5.87 Å². The van der Waals surface area contributed by atoms with Gasteiger partial charge in [-0.25, -0.2) is 0 Å². The Kier molecular flexibility index (Phi) is 0.979. The molecule has 0 bridgehead atoms. The van der Waals surface area contributed by atoms with Gasteiger partial charge in [0.1, 0.15) is 0 Å². The van der Waals surface area contributed by atoms with Crippen LogP contribution in [0.15, 0.2) is 0 Å². The van der Waals surface area contributed by atoms with E-state index in [4.69, 9.17) is 5.14 Å². The van der Waals surface area contributed by atoms with Gasteiger partial charge in [0.25, 0.3) is 0 Å². The van der Waals surface area contributed by atoms with Gasteiger partial charge < -0.3 is 0 Å². The molecule has 0 radical (unpaired) electrons. The van der Waals surface area contributed by atoms with Gasteiger partial charge in [0.05, 0.1) is 0 Å². The van der Waals surface area contributed by atoms with Crippen LogP contribution in [0.3, 0.4) is 0 Å². The number of hydrogen-bond acceptors (Lipinski definition) is 1. The summed E-state index contributed by atoms with van der Waals surface area (Å²) in [5.41, 5.74) is 0. The van der Waals surface area contributed by atoms with Crippen LogP contribution >= 0.6 is 10.7 Å². The molecule has 0 heterocycles. The minimum Gasteiger partial charge on any atom is -0.284 e. The Labute approximate surface area is 40.6 Å². The van der Waals surface area contributed by atoms with Crippen molar-refractivity contribution in [1.29, 1.82) is 0 Å². The zero-order chi connectivity index (χ0) is 4.57. The standard InChI is InChI=1S/C4H9NS/c1-6(5)4-2-3-4/h4H,1-3,5H2. The largest absolute Gasteiger partial charge is 0.284 e. The Balaban J connectivity index is 2.31. The van der Waals surface area contributed by atoms with Gasteiger partial charge >= 0.3 is 0 Å². The van der Waals surface area contributed by atoms with Crippen molar-refractivity contribution in [2.75, 3.05) is 0 Å². The van der Waals surface area contributed by atoms with Crippen LogP contribution in [0, 0.1) is 0 Å². The summed E-state index contributed by atoms with van der Waals surface area (Å²) >= 11 is 0. The Hall–Kier alpha value is 0.180. The first-order valence-corrected chi connectivity index (χ1v) is 3.60. The van der Waals surface area contributed by atoms with E-state index in [-0.39, 0.29) is 10.7 Å². The summed E-state index contributed by atoms with van der Waals surface area (Å²) in [7, 11) is -0.00617. The molecule has 0 spiro atoms. The Morgan fingerprint density at radius 1 is 1.67 bits per heavy atom. The van der Waals surface area contributed by atoms with Gasteiger partial charge in [0, 0.05) is 5.25 Å². The minimum atomic E-state index is -0.00617. The van der Waals surface area contributed by atoms with Crippen molar-refractivity contribution in [3.05, 3.63) is 0 Å². The molecular weight excluding hydrogens is 94.1 g/mol. The SMILES string of the molecule is C=S(N)C1CC1. The second-order valence-corrected chi connectivity index (χ2v) is 3.27. The van der Waals surface area contributed by atoms with Crippen molar-refractivity contribution in [3.63, 3.8) is 0 Å². The van der Waals surface area contributed by atoms with E-state index in [1.54, 1.807) is 0 Å². The molecule has 1 saturated carbocycles. The van der Waals surface area contributed by atoms with E-state index >= 15 is 0 Å². The lowest BCUT2D eigenvalue weighted by Crippen LogP contribution is -1.86. The molecule has 6 heavy (non-hydrogen) atoms. The van der Waals surface area contributed by atoms with Crippen LogP contribution in [-0.4, -0.2) is 11.1 Å². The van der Waals surface area contributed by atoms with Gasteiger partial charge in [0.2, 0.25) is 0 Å². The second-order valence-electron chi connectivity index (χ2n) is 1.67. The quantitative estimate of drug-likeness (QED) is 0.486. The lowest BCUT2D eigenvalue weighted by molar-refractivity contribution is 1.50. The average Bonchev–Trinajstić information content (AvgIpc) is 2.06. The van der Waals surface area contributed by atoms with Crippen molar-refractivity contribution in [1.82, 2.24) is 0 Å². The predicted molar refractivity (Wildman–Crippen MR) is 31.9 cm³/mol. The third-order valence-corrected chi connectivity index (χ3v) is 2.28. The van der Waals surface area contributed by atoms with E-state index in [0.29, 0.717) is 0 Å². The summed E-state index contributed by atoms with van der Waals surface area (Å²) in [5.74, 6) is 3.71. The highest BCUT2D eigenvalue weighted by atomic mass is 32.2. The summed E-state index contributed by atoms with van der Waals surface area (Å²) in [5, 5.41) is 6.21. The van der Waals surface area contributed by atoms with Crippen molar-refractivity contribution < 1.29 is 0 Å². The van der Waals surface area contributed by atoms with Crippen molar-refractivity contribution in [2.24, 2.45) is 5.14 Å². The highest BCUT2D eigenvalue weighted by Gasteiger charge is 2.21. The summed E-state index contributed by atoms with van der Waals surface area (Å²) < 4.78 is 0. The molecular formula is C4H9NS. The fourth-order valence-electron chi connectivity index (χ4n) is 0.371. The maximum absolute atomic E-state index is 5.41. The highest BCUT2D eigenvalue weighted by Crippen LogP contribution is 2.33. The molecule has 0 aromatic heterocycles. The van der Waals surface area contributed by atoms with Crippen LogP contribution < -0.4 is 5.14 Å². The van der Waals surface area contributed by atoms with Gasteiger partial charge in [-0.05, 0) is 12.8 Å². The molecule has 2 heteroatoms. The van der Waals surface area contributed by atoms with Gasteiger partial charge in [-0.15, -0.1) is 10.7 Å². The van der Waals surface area contributed by atoms with Crippen molar-refractivity contribution in [2.45, 2.75) is 18.1 Å². The van der Waals surface area contributed by atoms with E-state index in [1.807, 2.05) is 0 Å². The fraction of sp³-hybridized carbons (Fsp3) is 0.750. The minimum absolute atomic E-state index is 0.00617. The van der Waals surface area contributed by atoms with Crippen LogP contribution in [-0.2, 0) is 0 Å². The number of rotatable bonds is 1. The van der Waals surface area contributed by atoms with E-state index in [2.05, 4.69) is 5.87 Å². The smallest absolute Gasteiger partial charge is 0.0122 e. The van der Waals surface area contributed by atoms with Crippen molar-refractivity contribution >= 4 is 16.5 Å². The molecule has 0 amide bonds. The zero-order valence-electron chi connectivity index (χ0n) is 3.68. The molecule has 2 N–H and O–H groups in total. The second kappa shape index (κ2) is 1.35. The highest BCUT2D eigenvalue weighted by molar-refractivity contribution is 8.12.